The molecule has 0 N–H and O–H groups in total. The summed E-state index contributed by atoms with van der Waals surface area (Å²) in [6.07, 6.45) is 1.60. The van der Waals surface area contributed by atoms with Gasteiger partial charge >= 0.3 is 5.97 Å². The van der Waals surface area contributed by atoms with Crippen LogP contribution in [0.1, 0.15) is 10.4 Å². The van der Waals surface area contributed by atoms with Crippen LogP contribution in [-0.4, -0.2) is 44.4 Å². The fraction of sp³-hybridized carbons (Fsp3) is 0.333. The smallest absolute Gasteiger partial charge is 0.340 e. The molecule has 1 aromatic carbocycles. The number of benzene rings is 1. The molecule has 0 unspecified atom stereocenters. The summed E-state index contributed by atoms with van der Waals surface area (Å²) >= 11 is 0. The van der Waals surface area contributed by atoms with E-state index < -0.39 is 0 Å². The van der Waals surface area contributed by atoms with E-state index in [1.165, 1.54) is 7.11 Å². The van der Waals surface area contributed by atoms with Crippen LogP contribution in [0.4, 0.5) is 5.82 Å². The summed E-state index contributed by atoms with van der Waals surface area (Å²) in [6, 6.07) is 7.78. The van der Waals surface area contributed by atoms with Gasteiger partial charge in [0.2, 0.25) is 0 Å². The summed E-state index contributed by atoms with van der Waals surface area (Å²) in [7, 11) is 1.38. The van der Waals surface area contributed by atoms with Gasteiger partial charge in [0.1, 0.15) is 5.82 Å². The van der Waals surface area contributed by atoms with Gasteiger partial charge in [0, 0.05) is 30.1 Å². The van der Waals surface area contributed by atoms with Crippen molar-refractivity contribution >= 4 is 22.6 Å². The number of rotatable bonds is 2. The molecule has 2 heterocycles. The van der Waals surface area contributed by atoms with Crippen molar-refractivity contribution < 1.29 is 14.3 Å². The molecule has 1 aliphatic heterocycles. The molecule has 0 bridgehead atoms. The van der Waals surface area contributed by atoms with E-state index >= 15 is 0 Å². The standard InChI is InChI=1S/C15H16N2O3/c1-19-15(18)13-10-16-14(17-6-8-20-9-7-17)12-5-3-2-4-11(12)13/h2-5,10H,6-9H2,1H3. The van der Waals surface area contributed by atoms with Gasteiger partial charge < -0.3 is 14.4 Å². The van der Waals surface area contributed by atoms with Crippen LogP contribution in [0, 0.1) is 0 Å². The van der Waals surface area contributed by atoms with Crippen LogP contribution in [0.25, 0.3) is 10.8 Å². The average Bonchev–Trinajstić information content (AvgIpc) is 2.54. The van der Waals surface area contributed by atoms with Crippen molar-refractivity contribution in [2.75, 3.05) is 38.3 Å². The first-order valence-electron chi connectivity index (χ1n) is 6.60. The van der Waals surface area contributed by atoms with Crippen LogP contribution in [0.15, 0.2) is 30.5 Å². The molecule has 1 saturated heterocycles. The van der Waals surface area contributed by atoms with Gasteiger partial charge in [-0.1, -0.05) is 24.3 Å². The Kier molecular flexibility index (Phi) is 3.52. The SMILES string of the molecule is COC(=O)c1cnc(N2CCOCC2)c2ccccc12. The van der Waals surface area contributed by atoms with Crippen molar-refractivity contribution in [2.45, 2.75) is 0 Å². The number of hydrogen-bond acceptors (Lipinski definition) is 5. The zero-order valence-corrected chi connectivity index (χ0v) is 11.3. The average molecular weight is 272 g/mol. The van der Waals surface area contributed by atoms with Gasteiger partial charge in [0.15, 0.2) is 0 Å². The quantitative estimate of drug-likeness (QED) is 0.781. The molecule has 0 saturated carbocycles. The summed E-state index contributed by atoms with van der Waals surface area (Å²) in [4.78, 5) is 18.5. The van der Waals surface area contributed by atoms with Gasteiger partial charge in [-0.3, -0.25) is 0 Å². The Balaban J connectivity index is 2.13. The molecule has 0 spiro atoms. The predicted octanol–water partition coefficient (Wildman–Crippen LogP) is 1.86. The van der Waals surface area contributed by atoms with Crippen molar-refractivity contribution in [3.8, 4) is 0 Å². The van der Waals surface area contributed by atoms with E-state index in [1.807, 2.05) is 24.3 Å². The van der Waals surface area contributed by atoms with Crippen LogP contribution in [0.2, 0.25) is 0 Å². The van der Waals surface area contributed by atoms with Crippen LogP contribution in [0.5, 0.6) is 0 Å². The number of hydrogen-bond donors (Lipinski definition) is 0. The number of methoxy groups -OCH3 is 1. The predicted molar refractivity (Wildman–Crippen MR) is 76.1 cm³/mol. The summed E-state index contributed by atoms with van der Waals surface area (Å²) in [5.41, 5.74) is 0.500. The minimum Gasteiger partial charge on any atom is -0.465 e. The van der Waals surface area contributed by atoms with Crippen molar-refractivity contribution in [1.82, 2.24) is 4.98 Å². The highest BCUT2D eigenvalue weighted by Crippen LogP contribution is 2.28. The molecule has 0 atom stereocenters. The first-order valence-corrected chi connectivity index (χ1v) is 6.60. The minimum atomic E-state index is -0.359. The number of fused-ring (bicyclic) bond motifs is 1. The molecule has 104 valence electrons. The lowest BCUT2D eigenvalue weighted by molar-refractivity contribution is 0.0602. The number of anilines is 1. The molecule has 2 aromatic rings. The van der Waals surface area contributed by atoms with Crippen molar-refractivity contribution in [3.63, 3.8) is 0 Å². The van der Waals surface area contributed by atoms with Crippen molar-refractivity contribution in [1.29, 1.82) is 0 Å². The van der Waals surface area contributed by atoms with Gasteiger partial charge in [-0.2, -0.15) is 0 Å². The second-order valence-electron chi connectivity index (χ2n) is 4.63. The molecule has 0 amide bonds. The molecule has 5 nitrogen and oxygen atoms in total. The molecule has 0 radical (unpaired) electrons. The molecule has 1 fully saturated rings. The van der Waals surface area contributed by atoms with E-state index in [1.54, 1.807) is 6.20 Å². The zero-order valence-electron chi connectivity index (χ0n) is 11.3. The van der Waals surface area contributed by atoms with E-state index in [4.69, 9.17) is 9.47 Å². The minimum absolute atomic E-state index is 0.359. The fourth-order valence-electron chi connectivity index (χ4n) is 2.48. The van der Waals surface area contributed by atoms with E-state index in [0.29, 0.717) is 18.8 Å². The topological polar surface area (TPSA) is 51.7 Å². The number of aromatic nitrogens is 1. The maximum Gasteiger partial charge on any atom is 0.340 e. The lowest BCUT2D eigenvalue weighted by atomic mass is 10.1. The fourth-order valence-corrected chi connectivity index (χ4v) is 2.48. The number of esters is 1. The van der Waals surface area contributed by atoms with Crippen LogP contribution >= 0.6 is 0 Å². The van der Waals surface area contributed by atoms with Crippen LogP contribution in [0.3, 0.4) is 0 Å². The van der Waals surface area contributed by atoms with Crippen molar-refractivity contribution in [3.05, 3.63) is 36.0 Å². The Labute approximate surface area is 117 Å². The molecule has 0 aliphatic carbocycles. The Hall–Kier alpha value is -2.14. The lowest BCUT2D eigenvalue weighted by Gasteiger charge is -2.29. The number of carbonyl (C=O) groups excluding carboxylic acids is 1. The Morgan fingerprint density at radius 1 is 1.25 bits per heavy atom. The maximum atomic E-state index is 11.8. The normalized spacial score (nSPS) is 15.3. The van der Waals surface area contributed by atoms with Crippen LogP contribution < -0.4 is 4.90 Å². The largest absolute Gasteiger partial charge is 0.465 e. The third-order valence-electron chi connectivity index (χ3n) is 3.49. The van der Waals surface area contributed by atoms with Crippen LogP contribution in [-0.2, 0) is 9.47 Å². The molecule has 1 aliphatic rings. The second-order valence-corrected chi connectivity index (χ2v) is 4.63. The van der Waals surface area contributed by atoms with Crippen molar-refractivity contribution in [2.24, 2.45) is 0 Å². The van der Waals surface area contributed by atoms with E-state index in [-0.39, 0.29) is 5.97 Å². The van der Waals surface area contributed by atoms with Gasteiger partial charge in [-0.15, -0.1) is 0 Å². The molecule has 1 aromatic heterocycles. The highest BCUT2D eigenvalue weighted by atomic mass is 16.5. The van der Waals surface area contributed by atoms with E-state index in [9.17, 15) is 4.79 Å². The zero-order chi connectivity index (χ0) is 13.9. The molecular weight excluding hydrogens is 256 g/mol. The molecule has 20 heavy (non-hydrogen) atoms. The second kappa shape index (κ2) is 5.46. The number of carbonyl (C=O) groups is 1. The summed E-state index contributed by atoms with van der Waals surface area (Å²) in [6.45, 7) is 3.03. The summed E-state index contributed by atoms with van der Waals surface area (Å²) in [5.74, 6) is 0.541. The lowest BCUT2D eigenvalue weighted by Crippen LogP contribution is -2.36. The Morgan fingerprint density at radius 2 is 1.95 bits per heavy atom. The van der Waals surface area contributed by atoms with Gasteiger partial charge in [0.25, 0.3) is 0 Å². The summed E-state index contributed by atoms with van der Waals surface area (Å²) in [5, 5.41) is 1.84. The van der Waals surface area contributed by atoms with E-state index in [0.717, 1.165) is 29.7 Å². The number of ether oxygens (including phenoxy) is 2. The van der Waals surface area contributed by atoms with Gasteiger partial charge in [0.05, 0.1) is 25.9 Å². The number of nitrogens with zero attached hydrogens (tertiary/aromatic N) is 2. The summed E-state index contributed by atoms with van der Waals surface area (Å²) < 4.78 is 10.2. The first-order chi connectivity index (χ1) is 9.81. The van der Waals surface area contributed by atoms with Gasteiger partial charge in [-0.25, -0.2) is 9.78 Å². The molecular formula is C15H16N2O3. The number of pyridine rings is 1. The monoisotopic (exact) mass is 272 g/mol. The first kappa shape index (κ1) is 12.9. The van der Waals surface area contributed by atoms with Gasteiger partial charge in [-0.05, 0) is 0 Å². The third kappa shape index (κ3) is 2.20. The highest BCUT2D eigenvalue weighted by molar-refractivity contribution is 6.07. The highest BCUT2D eigenvalue weighted by Gasteiger charge is 2.18. The van der Waals surface area contributed by atoms with E-state index in [2.05, 4.69) is 9.88 Å². The molecule has 3 rings (SSSR count). The Morgan fingerprint density at radius 3 is 2.65 bits per heavy atom. The molecule has 5 heteroatoms. The Bertz CT molecular complexity index is 636. The maximum absolute atomic E-state index is 11.8. The number of morpholine rings is 1. The third-order valence-corrected chi connectivity index (χ3v) is 3.49.